The second kappa shape index (κ2) is 9.24. The number of amides is 2. The fourth-order valence-electron chi connectivity index (χ4n) is 3.28. The summed E-state index contributed by atoms with van der Waals surface area (Å²) in [4.78, 5) is 29.0. The normalized spacial score (nSPS) is 14.3. The molecule has 8 heteroatoms. The van der Waals surface area contributed by atoms with Crippen LogP contribution in [-0.4, -0.2) is 42.9 Å². The highest BCUT2D eigenvalue weighted by molar-refractivity contribution is 6.36. The van der Waals surface area contributed by atoms with Crippen LogP contribution in [0.25, 0.3) is 0 Å². The predicted molar refractivity (Wildman–Crippen MR) is 119 cm³/mol. The van der Waals surface area contributed by atoms with Crippen molar-refractivity contribution < 1.29 is 9.59 Å². The number of hydrogen-bond donors (Lipinski definition) is 1. The molecule has 1 heterocycles. The second-order valence-electron chi connectivity index (χ2n) is 7.21. The molecule has 5 nitrogen and oxygen atoms in total. The van der Waals surface area contributed by atoms with Gasteiger partial charge in [0.05, 0.1) is 22.0 Å². The van der Waals surface area contributed by atoms with E-state index in [9.17, 15) is 9.59 Å². The van der Waals surface area contributed by atoms with Gasteiger partial charge in [-0.2, -0.15) is 0 Å². The van der Waals surface area contributed by atoms with Crippen molar-refractivity contribution in [3.8, 4) is 0 Å². The van der Waals surface area contributed by atoms with Gasteiger partial charge in [0.15, 0.2) is 0 Å². The minimum atomic E-state index is -0.366. The highest BCUT2D eigenvalue weighted by Crippen LogP contribution is 2.31. The van der Waals surface area contributed by atoms with Gasteiger partial charge in [-0.05, 0) is 36.4 Å². The number of carbonyl (C=O) groups excluding carboxylic acids is 2. The minimum Gasteiger partial charge on any atom is -0.366 e. The number of carbonyl (C=O) groups is 2. The molecule has 0 spiro atoms. The number of benzene rings is 2. The van der Waals surface area contributed by atoms with E-state index in [1.54, 1.807) is 24.3 Å². The predicted octanol–water partition coefficient (Wildman–Crippen LogP) is 5.20. The molecule has 0 saturated carbocycles. The highest BCUT2D eigenvalue weighted by Gasteiger charge is 2.25. The van der Waals surface area contributed by atoms with Crippen molar-refractivity contribution in [3.63, 3.8) is 0 Å². The summed E-state index contributed by atoms with van der Waals surface area (Å²) in [6.45, 7) is 6.41. The molecule has 0 aliphatic carbocycles. The second-order valence-corrected chi connectivity index (χ2v) is 8.49. The third kappa shape index (κ3) is 5.16. The maximum absolute atomic E-state index is 12.8. The Hall–Kier alpha value is -1.95. The van der Waals surface area contributed by atoms with Crippen LogP contribution in [-0.2, 0) is 4.79 Å². The van der Waals surface area contributed by atoms with Crippen LogP contribution in [0.15, 0.2) is 36.4 Å². The first-order valence-corrected chi connectivity index (χ1v) is 10.5. The molecule has 0 atom stereocenters. The number of halogens is 3. The molecule has 1 saturated heterocycles. The lowest BCUT2D eigenvalue weighted by Crippen LogP contribution is -2.50. The Morgan fingerprint density at radius 3 is 2.21 bits per heavy atom. The highest BCUT2D eigenvalue weighted by atomic mass is 35.5. The van der Waals surface area contributed by atoms with Crippen LogP contribution in [0.2, 0.25) is 15.1 Å². The van der Waals surface area contributed by atoms with E-state index in [1.165, 1.54) is 6.07 Å². The van der Waals surface area contributed by atoms with Gasteiger partial charge in [-0.1, -0.05) is 48.7 Å². The zero-order valence-corrected chi connectivity index (χ0v) is 18.5. The lowest BCUT2D eigenvalue weighted by Gasteiger charge is -2.37. The summed E-state index contributed by atoms with van der Waals surface area (Å²) in [6.07, 6.45) is 0. The first-order chi connectivity index (χ1) is 13.8. The van der Waals surface area contributed by atoms with E-state index in [1.807, 2.05) is 24.8 Å². The quantitative estimate of drug-likeness (QED) is 0.690. The smallest absolute Gasteiger partial charge is 0.257 e. The number of rotatable bonds is 4. The number of nitrogens with one attached hydrogen (secondary N) is 1. The summed E-state index contributed by atoms with van der Waals surface area (Å²) < 4.78 is 0. The van der Waals surface area contributed by atoms with Crippen molar-refractivity contribution >= 4 is 58.0 Å². The SMILES string of the molecule is CC(C)C(=O)N1CCN(c2ccc(Cl)cc2NC(=O)c2cc(Cl)ccc2Cl)CC1. The molecule has 1 aliphatic rings. The first kappa shape index (κ1) is 21.8. The van der Waals surface area contributed by atoms with Crippen molar-refractivity contribution in [2.24, 2.45) is 5.92 Å². The minimum absolute atomic E-state index is 0.0191. The Balaban J connectivity index is 1.79. The summed E-state index contributed by atoms with van der Waals surface area (Å²) in [7, 11) is 0. The fourth-order valence-corrected chi connectivity index (χ4v) is 3.83. The van der Waals surface area contributed by atoms with Gasteiger partial charge >= 0.3 is 0 Å². The molecule has 29 heavy (non-hydrogen) atoms. The zero-order valence-electron chi connectivity index (χ0n) is 16.2. The Morgan fingerprint density at radius 1 is 0.931 bits per heavy atom. The Kier molecular flexibility index (Phi) is 6.93. The summed E-state index contributed by atoms with van der Waals surface area (Å²) in [5.41, 5.74) is 1.72. The molecule has 2 amide bonds. The van der Waals surface area contributed by atoms with Gasteiger partial charge in [-0.3, -0.25) is 9.59 Å². The Morgan fingerprint density at radius 2 is 1.55 bits per heavy atom. The molecular weight excluding hydrogens is 433 g/mol. The van der Waals surface area contributed by atoms with E-state index in [-0.39, 0.29) is 23.3 Å². The van der Waals surface area contributed by atoms with Crippen LogP contribution >= 0.6 is 34.8 Å². The molecular formula is C21H22Cl3N3O2. The summed E-state index contributed by atoms with van der Waals surface area (Å²) in [5.74, 6) is -0.228. The summed E-state index contributed by atoms with van der Waals surface area (Å²) in [6, 6.07) is 10.1. The lowest BCUT2D eigenvalue weighted by atomic mass is 10.1. The molecule has 0 bridgehead atoms. The standard InChI is InChI=1S/C21H22Cl3N3O2/c1-13(2)21(29)27-9-7-26(8-10-27)19-6-4-15(23)12-18(19)25-20(28)16-11-14(22)3-5-17(16)24/h3-6,11-13H,7-10H2,1-2H3,(H,25,28). The molecule has 154 valence electrons. The van der Waals surface area contributed by atoms with Crippen LogP contribution in [0.5, 0.6) is 0 Å². The van der Waals surface area contributed by atoms with Crippen molar-refractivity contribution in [1.82, 2.24) is 4.90 Å². The molecule has 1 fully saturated rings. The largest absolute Gasteiger partial charge is 0.366 e. The van der Waals surface area contributed by atoms with Crippen LogP contribution < -0.4 is 10.2 Å². The van der Waals surface area contributed by atoms with Gasteiger partial charge in [0.1, 0.15) is 0 Å². The Labute approximate surface area is 185 Å². The van der Waals surface area contributed by atoms with E-state index in [4.69, 9.17) is 34.8 Å². The zero-order chi connectivity index (χ0) is 21.1. The molecule has 2 aromatic rings. The van der Waals surface area contributed by atoms with Crippen LogP contribution in [0.4, 0.5) is 11.4 Å². The van der Waals surface area contributed by atoms with Crippen molar-refractivity contribution in [1.29, 1.82) is 0 Å². The van der Waals surface area contributed by atoms with Gasteiger partial charge in [0.25, 0.3) is 5.91 Å². The van der Waals surface area contributed by atoms with Gasteiger partial charge in [0, 0.05) is 42.1 Å². The Bertz CT molecular complexity index is 925. The molecule has 0 radical (unpaired) electrons. The van der Waals surface area contributed by atoms with Gasteiger partial charge < -0.3 is 15.1 Å². The number of anilines is 2. The van der Waals surface area contributed by atoms with Crippen LogP contribution in [0.1, 0.15) is 24.2 Å². The summed E-state index contributed by atoms with van der Waals surface area (Å²) >= 11 is 18.3. The van der Waals surface area contributed by atoms with Gasteiger partial charge in [0.2, 0.25) is 5.91 Å². The number of hydrogen-bond acceptors (Lipinski definition) is 3. The maximum atomic E-state index is 12.8. The van der Waals surface area contributed by atoms with Gasteiger partial charge in [-0.15, -0.1) is 0 Å². The molecule has 0 unspecified atom stereocenters. The number of piperazine rings is 1. The first-order valence-electron chi connectivity index (χ1n) is 9.36. The fraction of sp³-hybridized carbons (Fsp3) is 0.333. The topological polar surface area (TPSA) is 52.7 Å². The molecule has 3 rings (SSSR count). The van der Waals surface area contributed by atoms with E-state index in [0.29, 0.717) is 46.9 Å². The van der Waals surface area contributed by atoms with Crippen molar-refractivity contribution in [2.75, 3.05) is 36.4 Å². The van der Waals surface area contributed by atoms with Crippen LogP contribution in [0.3, 0.4) is 0 Å². The van der Waals surface area contributed by atoms with E-state index < -0.39 is 0 Å². The third-order valence-electron chi connectivity index (χ3n) is 4.81. The molecule has 2 aromatic carbocycles. The average Bonchev–Trinajstić information content (AvgIpc) is 2.69. The van der Waals surface area contributed by atoms with E-state index in [2.05, 4.69) is 10.2 Å². The molecule has 1 aliphatic heterocycles. The average molecular weight is 455 g/mol. The summed E-state index contributed by atoms with van der Waals surface area (Å²) in [5, 5.41) is 4.15. The van der Waals surface area contributed by atoms with Crippen molar-refractivity contribution in [3.05, 3.63) is 57.0 Å². The van der Waals surface area contributed by atoms with Gasteiger partial charge in [-0.25, -0.2) is 0 Å². The third-order valence-corrected chi connectivity index (χ3v) is 5.61. The van der Waals surface area contributed by atoms with E-state index >= 15 is 0 Å². The monoisotopic (exact) mass is 453 g/mol. The van der Waals surface area contributed by atoms with Crippen molar-refractivity contribution in [2.45, 2.75) is 13.8 Å². The molecule has 1 N–H and O–H groups in total. The lowest BCUT2D eigenvalue weighted by molar-refractivity contribution is -0.134. The maximum Gasteiger partial charge on any atom is 0.257 e. The number of nitrogens with zero attached hydrogens (tertiary/aromatic N) is 2. The van der Waals surface area contributed by atoms with E-state index in [0.717, 1.165) is 5.69 Å². The molecule has 0 aromatic heterocycles. The van der Waals surface area contributed by atoms with Crippen LogP contribution in [0, 0.1) is 5.92 Å².